The van der Waals surface area contributed by atoms with Gasteiger partial charge in [-0.2, -0.15) is 0 Å². The van der Waals surface area contributed by atoms with E-state index >= 15 is 0 Å². The molecule has 16 heavy (non-hydrogen) atoms. The first-order valence-corrected chi connectivity index (χ1v) is 4.82. The van der Waals surface area contributed by atoms with Gasteiger partial charge in [-0.3, -0.25) is 19.3 Å². The summed E-state index contributed by atoms with van der Waals surface area (Å²) in [5, 5.41) is 19.6. The standard InChI is InChI=1S/C9H16N2O5/c1-7(12)10-3-5-11(6-9(15)16)4-2-8(13)14/h2-6H2,1H3,(H,10,12)(H,13,14)(H,15,16). The number of rotatable bonds is 8. The Morgan fingerprint density at radius 3 is 2.19 bits per heavy atom. The molecule has 0 aliphatic heterocycles. The highest BCUT2D eigenvalue weighted by Crippen LogP contribution is 1.91. The first-order chi connectivity index (χ1) is 7.41. The molecular weight excluding hydrogens is 216 g/mol. The van der Waals surface area contributed by atoms with Crippen molar-refractivity contribution < 1.29 is 24.6 Å². The molecule has 0 unspecified atom stereocenters. The monoisotopic (exact) mass is 232 g/mol. The largest absolute Gasteiger partial charge is 0.481 e. The van der Waals surface area contributed by atoms with Gasteiger partial charge in [0.2, 0.25) is 5.91 Å². The van der Waals surface area contributed by atoms with Crippen LogP contribution >= 0.6 is 0 Å². The molecule has 0 aliphatic carbocycles. The van der Waals surface area contributed by atoms with Gasteiger partial charge in [-0.05, 0) is 0 Å². The van der Waals surface area contributed by atoms with Crippen LogP contribution in [-0.4, -0.2) is 59.1 Å². The fourth-order valence-corrected chi connectivity index (χ4v) is 1.11. The van der Waals surface area contributed by atoms with Crippen molar-refractivity contribution in [3.05, 3.63) is 0 Å². The highest BCUT2D eigenvalue weighted by atomic mass is 16.4. The van der Waals surface area contributed by atoms with E-state index in [0.29, 0.717) is 13.1 Å². The van der Waals surface area contributed by atoms with Gasteiger partial charge in [0.1, 0.15) is 0 Å². The smallest absolute Gasteiger partial charge is 0.317 e. The number of hydrogen-bond acceptors (Lipinski definition) is 4. The van der Waals surface area contributed by atoms with Crippen LogP contribution in [0.3, 0.4) is 0 Å². The molecule has 0 saturated heterocycles. The third-order valence-corrected chi connectivity index (χ3v) is 1.80. The van der Waals surface area contributed by atoms with Crippen LogP contribution in [0.4, 0.5) is 0 Å². The Kier molecular flexibility index (Phi) is 6.86. The minimum Gasteiger partial charge on any atom is -0.481 e. The lowest BCUT2D eigenvalue weighted by molar-refractivity contribution is -0.141. The lowest BCUT2D eigenvalue weighted by Crippen LogP contribution is -2.38. The average molecular weight is 232 g/mol. The van der Waals surface area contributed by atoms with Crippen molar-refractivity contribution in [1.29, 1.82) is 0 Å². The summed E-state index contributed by atoms with van der Waals surface area (Å²) >= 11 is 0. The van der Waals surface area contributed by atoms with E-state index in [4.69, 9.17) is 10.2 Å². The summed E-state index contributed by atoms with van der Waals surface area (Å²) in [6.45, 7) is 1.91. The van der Waals surface area contributed by atoms with Gasteiger partial charge < -0.3 is 15.5 Å². The molecule has 1 amide bonds. The van der Waals surface area contributed by atoms with Crippen LogP contribution in [0.25, 0.3) is 0 Å². The lowest BCUT2D eigenvalue weighted by Gasteiger charge is -2.19. The van der Waals surface area contributed by atoms with E-state index in [0.717, 1.165) is 0 Å². The number of carbonyl (C=O) groups is 3. The molecule has 0 saturated carbocycles. The van der Waals surface area contributed by atoms with Gasteiger partial charge in [0.15, 0.2) is 0 Å². The molecule has 0 atom stereocenters. The van der Waals surface area contributed by atoms with E-state index in [2.05, 4.69) is 5.32 Å². The topological polar surface area (TPSA) is 107 Å². The second-order valence-electron chi connectivity index (χ2n) is 3.30. The van der Waals surface area contributed by atoms with Crippen LogP contribution in [0.1, 0.15) is 13.3 Å². The van der Waals surface area contributed by atoms with Crippen molar-refractivity contribution in [1.82, 2.24) is 10.2 Å². The molecule has 7 nitrogen and oxygen atoms in total. The van der Waals surface area contributed by atoms with Crippen LogP contribution in [-0.2, 0) is 14.4 Å². The van der Waals surface area contributed by atoms with Gasteiger partial charge in [0.05, 0.1) is 13.0 Å². The van der Waals surface area contributed by atoms with Gasteiger partial charge >= 0.3 is 11.9 Å². The van der Waals surface area contributed by atoms with Crippen LogP contribution in [0.2, 0.25) is 0 Å². The zero-order chi connectivity index (χ0) is 12.6. The lowest BCUT2D eigenvalue weighted by atomic mass is 10.3. The first-order valence-electron chi connectivity index (χ1n) is 4.82. The Bertz CT molecular complexity index is 267. The summed E-state index contributed by atoms with van der Waals surface area (Å²) in [6, 6.07) is 0. The van der Waals surface area contributed by atoms with E-state index in [1.165, 1.54) is 11.8 Å². The molecule has 0 aromatic carbocycles. The first kappa shape index (κ1) is 14.4. The number of hydrogen-bond donors (Lipinski definition) is 3. The molecule has 0 aliphatic rings. The number of nitrogens with zero attached hydrogens (tertiary/aromatic N) is 1. The zero-order valence-corrected chi connectivity index (χ0v) is 9.10. The number of amides is 1. The van der Waals surface area contributed by atoms with E-state index in [-0.39, 0.29) is 25.4 Å². The highest BCUT2D eigenvalue weighted by Gasteiger charge is 2.11. The molecule has 7 heteroatoms. The van der Waals surface area contributed by atoms with E-state index in [1.807, 2.05) is 0 Å². The predicted molar refractivity (Wildman–Crippen MR) is 55.0 cm³/mol. The molecule has 0 heterocycles. The van der Waals surface area contributed by atoms with Crippen LogP contribution in [0, 0.1) is 0 Å². The molecular formula is C9H16N2O5. The molecule has 0 aromatic heterocycles. The molecule has 0 spiro atoms. The van der Waals surface area contributed by atoms with Crippen molar-refractivity contribution in [2.24, 2.45) is 0 Å². The minimum atomic E-state index is -1.02. The third kappa shape index (κ3) is 8.95. The fourth-order valence-electron chi connectivity index (χ4n) is 1.11. The molecule has 0 fully saturated rings. The van der Waals surface area contributed by atoms with Gasteiger partial charge in [0.25, 0.3) is 0 Å². The molecule has 0 bridgehead atoms. The highest BCUT2D eigenvalue weighted by molar-refractivity contribution is 5.72. The normalized spacial score (nSPS) is 10.1. The van der Waals surface area contributed by atoms with Crippen molar-refractivity contribution >= 4 is 17.8 Å². The molecule has 0 rings (SSSR count). The SMILES string of the molecule is CC(=O)NCCN(CCC(=O)O)CC(=O)O. The fraction of sp³-hybridized carbons (Fsp3) is 0.667. The summed E-state index contributed by atoms with van der Waals surface area (Å²) in [5.41, 5.74) is 0. The molecule has 0 radical (unpaired) electrons. The maximum absolute atomic E-state index is 10.6. The predicted octanol–water partition coefficient (Wildman–Crippen LogP) is -1.02. The van der Waals surface area contributed by atoms with E-state index < -0.39 is 11.9 Å². The zero-order valence-electron chi connectivity index (χ0n) is 9.10. The maximum atomic E-state index is 10.6. The maximum Gasteiger partial charge on any atom is 0.317 e. The Hall–Kier alpha value is -1.63. The number of carboxylic acids is 2. The second-order valence-corrected chi connectivity index (χ2v) is 3.30. The van der Waals surface area contributed by atoms with Crippen LogP contribution in [0.15, 0.2) is 0 Å². The molecule has 3 N–H and O–H groups in total. The Balaban J connectivity index is 3.94. The quantitative estimate of drug-likeness (QED) is 0.494. The van der Waals surface area contributed by atoms with Crippen molar-refractivity contribution in [3.8, 4) is 0 Å². The van der Waals surface area contributed by atoms with Crippen molar-refractivity contribution in [2.45, 2.75) is 13.3 Å². The average Bonchev–Trinajstić information content (AvgIpc) is 2.12. The van der Waals surface area contributed by atoms with E-state index in [1.54, 1.807) is 0 Å². The van der Waals surface area contributed by atoms with Crippen molar-refractivity contribution in [3.63, 3.8) is 0 Å². The van der Waals surface area contributed by atoms with Crippen LogP contribution in [0.5, 0.6) is 0 Å². The summed E-state index contributed by atoms with van der Waals surface area (Å²) in [4.78, 5) is 32.8. The van der Waals surface area contributed by atoms with Gasteiger partial charge in [-0.15, -0.1) is 0 Å². The van der Waals surface area contributed by atoms with E-state index in [9.17, 15) is 14.4 Å². The van der Waals surface area contributed by atoms with Crippen molar-refractivity contribution in [2.75, 3.05) is 26.2 Å². The number of carboxylic acid groups (broad SMARTS) is 2. The summed E-state index contributed by atoms with van der Waals surface area (Å²) in [5.74, 6) is -2.20. The Morgan fingerprint density at radius 1 is 1.12 bits per heavy atom. The Morgan fingerprint density at radius 2 is 1.75 bits per heavy atom. The van der Waals surface area contributed by atoms with Gasteiger partial charge in [0, 0.05) is 26.6 Å². The van der Waals surface area contributed by atoms with Gasteiger partial charge in [-0.1, -0.05) is 0 Å². The molecule has 92 valence electrons. The Labute approximate surface area is 93.0 Å². The summed E-state index contributed by atoms with van der Waals surface area (Å²) in [6.07, 6.45) is -0.118. The number of aliphatic carboxylic acids is 2. The summed E-state index contributed by atoms with van der Waals surface area (Å²) < 4.78 is 0. The van der Waals surface area contributed by atoms with Gasteiger partial charge in [-0.25, -0.2) is 0 Å². The minimum absolute atomic E-state index is 0.118. The van der Waals surface area contributed by atoms with Crippen LogP contribution < -0.4 is 5.32 Å². The summed E-state index contributed by atoms with van der Waals surface area (Å²) in [7, 11) is 0. The molecule has 0 aromatic rings. The third-order valence-electron chi connectivity index (χ3n) is 1.80. The second kappa shape index (κ2) is 7.63. The number of carbonyl (C=O) groups excluding carboxylic acids is 1. The number of nitrogens with one attached hydrogen (secondary N) is 1.